The SMILES string of the molecule is Cc1cnc(-c2cc(OCC3(C)COC3)cc(C(=O)NCc3cnc(C(F)(F)F)nc3)c2)s1. The molecule has 0 spiro atoms. The van der Waals surface area contributed by atoms with E-state index >= 15 is 0 Å². The molecule has 1 N–H and O–H groups in total. The summed E-state index contributed by atoms with van der Waals surface area (Å²) >= 11 is 1.50. The molecule has 1 fully saturated rings. The topological polar surface area (TPSA) is 86.2 Å². The van der Waals surface area contributed by atoms with Crippen molar-refractivity contribution >= 4 is 17.2 Å². The zero-order valence-electron chi connectivity index (χ0n) is 17.9. The van der Waals surface area contributed by atoms with Crippen LogP contribution in [0.3, 0.4) is 0 Å². The summed E-state index contributed by atoms with van der Waals surface area (Å²) in [5.74, 6) is -1.11. The number of carbonyl (C=O) groups is 1. The van der Waals surface area contributed by atoms with Crippen molar-refractivity contribution in [3.63, 3.8) is 0 Å². The summed E-state index contributed by atoms with van der Waals surface area (Å²) < 4.78 is 49.1. The fourth-order valence-electron chi connectivity index (χ4n) is 3.09. The van der Waals surface area contributed by atoms with Crippen LogP contribution in [0.4, 0.5) is 13.2 Å². The second kappa shape index (κ2) is 9.06. The highest BCUT2D eigenvalue weighted by molar-refractivity contribution is 7.14. The number of thiazole rings is 1. The molecule has 0 atom stereocenters. The Kier molecular flexibility index (Phi) is 6.35. The summed E-state index contributed by atoms with van der Waals surface area (Å²) in [5, 5.41) is 3.44. The van der Waals surface area contributed by atoms with E-state index in [1.54, 1.807) is 18.3 Å². The molecule has 0 unspecified atom stereocenters. The van der Waals surface area contributed by atoms with Gasteiger partial charge in [0.1, 0.15) is 10.8 Å². The van der Waals surface area contributed by atoms with Crippen molar-refractivity contribution in [1.29, 1.82) is 0 Å². The van der Waals surface area contributed by atoms with Crippen molar-refractivity contribution in [1.82, 2.24) is 20.3 Å². The second-order valence-electron chi connectivity index (χ2n) is 8.21. The largest absolute Gasteiger partial charge is 0.493 e. The number of aromatic nitrogens is 3. The molecule has 1 aliphatic rings. The number of hydrogen-bond acceptors (Lipinski definition) is 7. The van der Waals surface area contributed by atoms with Crippen molar-refractivity contribution in [3.8, 4) is 16.3 Å². The van der Waals surface area contributed by atoms with Crippen LogP contribution in [-0.4, -0.2) is 40.7 Å². The quantitative estimate of drug-likeness (QED) is 0.546. The van der Waals surface area contributed by atoms with Gasteiger partial charge in [-0.25, -0.2) is 15.0 Å². The molecule has 11 heteroatoms. The predicted molar refractivity (Wildman–Crippen MR) is 115 cm³/mol. The van der Waals surface area contributed by atoms with Gasteiger partial charge in [-0.3, -0.25) is 4.79 Å². The van der Waals surface area contributed by atoms with Crippen molar-refractivity contribution in [3.05, 3.63) is 58.6 Å². The van der Waals surface area contributed by atoms with Crippen LogP contribution in [0.1, 0.15) is 33.5 Å². The molecule has 0 aliphatic carbocycles. The van der Waals surface area contributed by atoms with Gasteiger partial charge in [0.15, 0.2) is 0 Å². The fraction of sp³-hybridized carbons (Fsp3) is 0.364. The first-order chi connectivity index (χ1) is 15.6. The Morgan fingerprint density at radius 3 is 2.48 bits per heavy atom. The van der Waals surface area contributed by atoms with Crippen LogP contribution < -0.4 is 10.1 Å². The van der Waals surface area contributed by atoms with Crippen LogP contribution in [0.25, 0.3) is 10.6 Å². The molecular weight excluding hydrogens is 457 g/mol. The van der Waals surface area contributed by atoms with Gasteiger partial charge in [-0.05, 0) is 25.1 Å². The van der Waals surface area contributed by atoms with Crippen molar-refractivity contribution in [2.75, 3.05) is 19.8 Å². The minimum atomic E-state index is -4.62. The average molecular weight is 478 g/mol. The number of nitrogens with one attached hydrogen (secondary N) is 1. The minimum absolute atomic E-state index is 0.0246. The zero-order valence-corrected chi connectivity index (χ0v) is 18.7. The van der Waals surface area contributed by atoms with E-state index in [9.17, 15) is 18.0 Å². The van der Waals surface area contributed by atoms with Gasteiger partial charge in [0.25, 0.3) is 5.91 Å². The molecule has 33 heavy (non-hydrogen) atoms. The van der Waals surface area contributed by atoms with Crippen molar-refractivity contribution in [2.24, 2.45) is 5.41 Å². The van der Waals surface area contributed by atoms with Gasteiger partial charge >= 0.3 is 6.18 Å². The van der Waals surface area contributed by atoms with Crippen LogP contribution in [0.15, 0.2) is 36.8 Å². The van der Waals surface area contributed by atoms with Crippen LogP contribution in [0, 0.1) is 12.3 Å². The highest BCUT2D eigenvalue weighted by Gasteiger charge is 2.35. The lowest BCUT2D eigenvalue weighted by atomic mass is 9.90. The fourth-order valence-corrected chi connectivity index (χ4v) is 3.84. The molecule has 1 aromatic carbocycles. The number of alkyl halides is 3. The first-order valence-corrected chi connectivity index (χ1v) is 10.9. The number of benzene rings is 1. The maximum atomic E-state index is 12.8. The monoisotopic (exact) mass is 478 g/mol. The smallest absolute Gasteiger partial charge is 0.451 e. The van der Waals surface area contributed by atoms with Gasteiger partial charge in [0.05, 0.1) is 19.8 Å². The first-order valence-electron chi connectivity index (χ1n) is 10.1. The highest BCUT2D eigenvalue weighted by atomic mass is 32.1. The number of ether oxygens (including phenoxy) is 2. The number of rotatable bonds is 7. The number of amides is 1. The molecule has 3 heterocycles. The Bertz CT molecular complexity index is 1140. The van der Waals surface area contributed by atoms with Crippen molar-refractivity contribution < 1.29 is 27.4 Å². The van der Waals surface area contributed by atoms with Gasteiger partial charge in [0, 0.05) is 52.1 Å². The summed E-state index contributed by atoms with van der Waals surface area (Å²) in [6, 6.07) is 5.17. The molecule has 0 bridgehead atoms. The Morgan fingerprint density at radius 1 is 1.18 bits per heavy atom. The summed E-state index contributed by atoms with van der Waals surface area (Å²) in [5.41, 5.74) is 1.36. The highest BCUT2D eigenvalue weighted by Crippen LogP contribution is 2.32. The van der Waals surface area contributed by atoms with Crippen molar-refractivity contribution in [2.45, 2.75) is 26.6 Å². The molecule has 1 aliphatic heterocycles. The van der Waals surface area contributed by atoms with Gasteiger partial charge in [-0.1, -0.05) is 6.92 Å². The molecule has 4 rings (SSSR count). The molecule has 0 saturated carbocycles. The van der Waals surface area contributed by atoms with Gasteiger partial charge in [0.2, 0.25) is 5.82 Å². The third-order valence-corrected chi connectivity index (χ3v) is 5.90. The molecule has 7 nitrogen and oxygen atoms in total. The maximum Gasteiger partial charge on any atom is 0.451 e. The number of nitrogens with zero attached hydrogens (tertiary/aromatic N) is 3. The molecule has 1 saturated heterocycles. The number of carbonyl (C=O) groups excluding carboxylic acids is 1. The lowest BCUT2D eigenvalue weighted by Gasteiger charge is -2.37. The van der Waals surface area contributed by atoms with Crippen LogP contribution in [0.2, 0.25) is 0 Å². The molecule has 3 aromatic rings. The van der Waals surface area contributed by atoms with E-state index in [0.29, 0.717) is 36.7 Å². The standard InChI is InChI=1S/C22H21F3N4O3S/c1-13-6-27-19(33-13)16-3-15(4-17(5-16)32-12-21(2)10-31-11-21)18(30)26-7-14-8-28-20(29-9-14)22(23,24)25/h3-6,8-9H,7,10-12H2,1-2H3,(H,26,30). The Labute approximate surface area is 192 Å². The van der Waals surface area contributed by atoms with Crippen LogP contribution >= 0.6 is 11.3 Å². The number of aryl methyl sites for hydroxylation is 1. The molecule has 174 valence electrons. The van der Waals surface area contributed by atoms with Gasteiger partial charge in [-0.15, -0.1) is 11.3 Å². The average Bonchev–Trinajstić information content (AvgIpc) is 3.20. The van der Waals surface area contributed by atoms with E-state index in [4.69, 9.17) is 9.47 Å². The van der Waals surface area contributed by atoms with E-state index in [1.165, 1.54) is 11.3 Å². The molecular formula is C22H21F3N4O3S. The Hall–Kier alpha value is -3.05. The normalized spacial score (nSPS) is 15.1. The Balaban J connectivity index is 1.50. The van der Waals surface area contributed by atoms with Gasteiger partial charge in [-0.2, -0.15) is 13.2 Å². The molecule has 2 aromatic heterocycles. The van der Waals surface area contributed by atoms with E-state index in [0.717, 1.165) is 27.8 Å². The van der Waals surface area contributed by atoms with Crippen LogP contribution in [-0.2, 0) is 17.5 Å². The van der Waals surface area contributed by atoms with E-state index in [2.05, 4.69) is 27.2 Å². The molecule has 0 radical (unpaired) electrons. The minimum Gasteiger partial charge on any atom is -0.493 e. The van der Waals surface area contributed by atoms with E-state index in [1.807, 2.05) is 13.0 Å². The maximum absolute atomic E-state index is 12.8. The lowest BCUT2D eigenvalue weighted by Crippen LogP contribution is -2.44. The predicted octanol–water partition coefficient (Wildman–Crippen LogP) is 4.27. The van der Waals surface area contributed by atoms with Crippen LogP contribution in [0.5, 0.6) is 5.75 Å². The van der Waals surface area contributed by atoms with E-state index in [-0.39, 0.29) is 12.0 Å². The van der Waals surface area contributed by atoms with Gasteiger partial charge < -0.3 is 14.8 Å². The first kappa shape index (κ1) is 23.1. The molecule has 1 amide bonds. The zero-order chi connectivity index (χ0) is 23.6. The Morgan fingerprint density at radius 2 is 1.91 bits per heavy atom. The van der Waals surface area contributed by atoms with E-state index < -0.39 is 17.9 Å². The summed E-state index contributed by atoms with van der Waals surface area (Å²) in [7, 11) is 0. The third kappa shape index (κ3) is 5.66. The lowest BCUT2D eigenvalue weighted by molar-refractivity contribution is -0.145. The number of hydrogen-bond donors (Lipinski definition) is 1. The second-order valence-corrected chi connectivity index (χ2v) is 9.44. The summed E-state index contributed by atoms with van der Waals surface area (Å²) in [6.45, 7) is 5.64. The number of halogens is 3. The third-order valence-electron chi connectivity index (χ3n) is 4.94. The summed E-state index contributed by atoms with van der Waals surface area (Å²) in [4.78, 5) is 24.9. The summed E-state index contributed by atoms with van der Waals surface area (Å²) in [6.07, 6.45) is -0.776.